The second kappa shape index (κ2) is 5.79. The van der Waals surface area contributed by atoms with Crippen LogP contribution in [0.4, 0.5) is 4.39 Å². The van der Waals surface area contributed by atoms with E-state index in [0.29, 0.717) is 18.4 Å². The van der Waals surface area contributed by atoms with E-state index in [2.05, 4.69) is 5.32 Å². The number of nitrogens with one attached hydrogen (secondary N) is 1. The fourth-order valence-corrected chi connectivity index (χ4v) is 2.79. The number of amides is 1. The predicted octanol–water partition coefficient (Wildman–Crippen LogP) is 1.90. The Balaban J connectivity index is 2.14. The van der Waals surface area contributed by atoms with Crippen LogP contribution in [0.25, 0.3) is 0 Å². The van der Waals surface area contributed by atoms with Crippen LogP contribution in [0.3, 0.4) is 0 Å². The van der Waals surface area contributed by atoms with Crippen LogP contribution < -0.4 is 15.8 Å². The van der Waals surface area contributed by atoms with Crippen LogP contribution in [-0.2, 0) is 4.79 Å². The fraction of sp³-hybridized carbons (Fsp3) is 0.533. The van der Waals surface area contributed by atoms with E-state index < -0.39 is 5.54 Å². The molecule has 1 aromatic carbocycles. The molecule has 1 aliphatic rings. The lowest BCUT2D eigenvalue weighted by atomic mass is 9.79. The number of benzene rings is 1. The maximum Gasteiger partial charge on any atom is 0.237 e. The summed E-state index contributed by atoms with van der Waals surface area (Å²) in [6.07, 6.45) is 2.56. The molecule has 1 fully saturated rings. The van der Waals surface area contributed by atoms with Crippen molar-refractivity contribution in [2.24, 2.45) is 5.73 Å². The van der Waals surface area contributed by atoms with E-state index in [1.54, 1.807) is 32.2 Å². The summed E-state index contributed by atoms with van der Waals surface area (Å²) in [4.78, 5) is 11.7. The van der Waals surface area contributed by atoms with Gasteiger partial charge in [0.15, 0.2) is 11.6 Å². The molecule has 0 aliphatic heterocycles. The quantitative estimate of drug-likeness (QED) is 0.885. The normalized spacial score (nSPS) is 26.2. The smallest absolute Gasteiger partial charge is 0.237 e. The highest BCUT2D eigenvalue weighted by molar-refractivity contribution is 5.84. The van der Waals surface area contributed by atoms with Gasteiger partial charge < -0.3 is 15.8 Å². The molecular formula is C15H21FN2O2. The van der Waals surface area contributed by atoms with Crippen molar-refractivity contribution in [1.82, 2.24) is 5.32 Å². The van der Waals surface area contributed by atoms with Crippen LogP contribution in [0.5, 0.6) is 5.75 Å². The maximum absolute atomic E-state index is 14.0. The lowest BCUT2D eigenvalue weighted by Crippen LogP contribution is -2.58. The van der Waals surface area contributed by atoms with Gasteiger partial charge in [-0.1, -0.05) is 12.1 Å². The van der Waals surface area contributed by atoms with Crippen molar-refractivity contribution in [2.45, 2.75) is 44.2 Å². The molecule has 1 saturated carbocycles. The van der Waals surface area contributed by atoms with Crippen molar-refractivity contribution >= 4 is 5.91 Å². The van der Waals surface area contributed by atoms with E-state index in [1.165, 1.54) is 0 Å². The molecule has 2 rings (SSSR count). The Hall–Kier alpha value is -1.62. The summed E-state index contributed by atoms with van der Waals surface area (Å²) < 4.78 is 19.7. The highest BCUT2D eigenvalue weighted by Gasteiger charge is 2.41. The number of hydrogen-bond donors (Lipinski definition) is 2. The largest absolute Gasteiger partial charge is 0.487 e. The SMILES string of the molecule is CNC1(C(N)=O)CCCC(Oc2cccc(C)c2F)C1. The first-order valence-corrected chi connectivity index (χ1v) is 6.89. The van der Waals surface area contributed by atoms with Gasteiger partial charge in [0, 0.05) is 6.42 Å². The monoisotopic (exact) mass is 280 g/mol. The minimum atomic E-state index is -0.747. The van der Waals surface area contributed by atoms with E-state index in [-0.39, 0.29) is 23.6 Å². The van der Waals surface area contributed by atoms with Gasteiger partial charge in [-0.3, -0.25) is 4.79 Å². The maximum atomic E-state index is 14.0. The average Bonchev–Trinajstić information content (AvgIpc) is 2.44. The van der Waals surface area contributed by atoms with Gasteiger partial charge in [0.1, 0.15) is 11.6 Å². The van der Waals surface area contributed by atoms with Gasteiger partial charge in [-0.25, -0.2) is 4.39 Å². The Morgan fingerprint density at radius 3 is 2.95 bits per heavy atom. The molecule has 0 saturated heterocycles. The molecule has 0 bridgehead atoms. The summed E-state index contributed by atoms with van der Waals surface area (Å²) in [6.45, 7) is 1.70. The molecule has 110 valence electrons. The van der Waals surface area contributed by atoms with Crippen LogP contribution in [0.15, 0.2) is 18.2 Å². The molecule has 0 radical (unpaired) electrons. The third kappa shape index (κ3) is 2.77. The van der Waals surface area contributed by atoms with Crippen LogP contribution in [-0.4, -0.2) is 24.6 Å². The number of ether oxygens (including phenoxy) is 1. The third-order valence-corrected chi connectivity index (χ3v) is 4.11. The van der Waals surface area contributed by atoms with Crippen molar-refractivity contribution in [3.05, 3.63) is 29.6 Å². The summed E-state index contributed by atoms with van der Waals surface area (Å²) in [6, 6.07) is 5.07. The predicted molar refractivity (Wildman–Crippen MR) is 75.0 cm³/mol. The van der Waals surface area contributed by atoms with E-state index in [0.717, 1.165) is 12.8 Å². The van der Waals surface area contributed by atoms with E-state index >= 15 is 0 Å². The van der Waals surface area contributed by atoms with Gasteiger partial charge in [0.2, 0.25) is 5.91 Å². The van der Waals surface area contributed by atoms with Gasteiger partial charge in [-0.15, -0.1) is 0 Å². The topological polar surface area (TPSA) is 64.3 Å². The summed E-state index contributed by atoms with van der Waals surface area (Å²) in [5, 5.41) is 3.01. The molecule has 5 heteroatoms. The fourth-order valence-electron chi connectivity index (χ4n) is 2.79. The number of hydrogen-bond acceptors (Lipinski definition) is 3. The Morgan fingerprint density at radius 1 is 1.55 bits per heavy atom. The van der Waals surface area contributed by atoms with Gasteiger partial charge >= 0.3 is 0 Å². The molecule has 3 N–H and O–H groups in total. The number of aryl methyl sites for hydroxylation is 1. The number of primary amides is 1. The van der Waals surface area contributed by atoms with Crippen molar-refractivity contribution in [2.75, 3.05) is 7.05 Å². The minimum absolute atomic E-state index is 0.208. The second-order valence-corrected chi connectivity index (χ2v) is 5.42. The Kier molecular flexibility index (Phi) is 4.28. The van der Waals surface area contributed by atoms with E-state index in [9.17, 15) is 9.18 Å². The van der Waals surface area contributed by atoms with Crippen LogP contribution in [0.2, 0.25) is 0 Å². The number of carbonyl (C=O) groups is 1. The van der Waals surface area contributed by atoms with Gasteiger partial charge in [-0.05, 0) is 44.9 Å². The van der Waals surface area contributed by atoms with E-state index in [4.69, 9.17) is 10.5 Å². The summed E-state index contributed by atoms with van der Waals surface area (Å²) >= 11 is 0. The van der Waals surface area contributed by atoms with Gasteiger partial charge in [0.25, 0.3) is 0 Å². The zero-order chi connectivity index (χ0) is 14.8. The number of rotatable bonds is 4. The number of halogens is 1. The van der Waals surface area contributed by atoms with Crippen LogP contribution in [0.1, 0.15) is 31.2 Å². The van der Waals surface area contributed by atoms with Gasteiger partial charge in [0.05, 0.1) is 0 Å². The van der Waals surface area contributed by atoms with Crippen LogP contribution in [0, 0.1) is 12.7 Å². The summed E-state index contributed by atoms with van der Waals surface area (Å²) in [5.74, 6) is -0.475. The van der Waals surface area contributed by atoms with E-state index in [1.807, 2.05) is 0 Å². The second-order valence-electron chi connectivity index (χ2n) is 5.42. The molecule has 2 atom stereocenters. The lowest BCUT2D eigenvalue weighted by Gasteiger charge is -2.38. The Labute approximate surface area is 118 Å². The molecule has 1 aromatic rings. The van der Waals surface area contributed by atoms with Crippen LogP contribution >= 0.6 is 0 Å². The molecule has 4 nitrogen and oxygen atoms in total. The zero-order valence-corrected chi connectivity index (χ0v) is 11.9. The molecule has 1 amide bonds. The molecular weight excluding hydrogens is 259 g/mol. The number of likely N-dealkylation sites (N-methyl/N-ethyl adjacent to an activating group) is 1. The lowest BCUT2D eigenvalue weighted by molar-refractivity contribution is -0.126. The zero-order valence-electron chi connectivity index (χ0n) is 11.9. The summed E-state index contributed by atoms with van der Waals surface area (Å²) in [5.41, 5.74) is 5.29. The molecule has 2 unspecified atom stereocenters. The van der Waals surface area contributed by atoms with Crippen molar-refractivity contribution in [3.63, 3.8) is 0 Å². The Morgan fingerprint density at radius 2 is 2.30 bits per heavy atom. The van der Waals surface area contributed by atoms with Crippen molar-refractivity contribution in [1.29, 1.82) is 0 Å². The molecule has 0 spiro atoms. The minimum Gasteiger partial charge on any atom is -0.487 e. The van der Waals surface area contributed by atoms with Crippen molar-refractivity contribution in [3.8, 4) is 5.75 Å². The first kappa shape index (κ1) is 14.8. The first-order chi connectivity index (χ1) is 9.48. The Bertz CT molecular complexity index is 507. The molecule has 0 heterocycles. The number of nitrogens with two attached hydrogens (primary N) is 1. The molecule has 1 aliphatic carbocycles. The third-order valence-electron chi connectivity index (χ3n) is 4.11. The van der Waals surface area contributed by atoms with Gasteiger partial charge in [-0.2, -0.15) is 0 Å². The van der Waals surface area contributed by atoms with Crippen molar-refractivity contribution < 1.29 is 13.9 Å². The standard InChI is InChI=1S/C15H21FN2O2/c1-10-5-3-7-12(13(10)16)20-11-6-4-8-15(9-11,18-2)14(17)19/h3,5,7,11,18H,4,6,8-9H2,1-2H3,(H2,17,19). The summed E-state index contributed by atoms with van der Waals surface area (Å²) in [7, 11) is 1.72. The highest BCUT2D eigenvalue weighted by atomic mass is 19.1. The average molecular weight is 280 g/mol. The highest BCUT2D eigenvalue weighted by Crippen LogP contribution is 2.32. The number of carbonyl (C=O) groups excluding carboxylic acids is 1. The molecule has 0 aromatic heterocycles. The molecule has 20 heavy (non-hydrogen) atoms. The first-order valence-electron chi connectivity index (χ1n) is 6.89.